The van der Waals surface area contributed by atoms with Gasteiger partial charge >= 0.3 is 21.1 Å². The van der Waals surface area contributed by atoms with Gasteiger partial charge in [-0.25, -0.2) is 0 Å². The molecule has 0 spiro atoms. The van der Waals surface area contributed by atoms with Crippen LogP contribution in [0, 0.1) is 6.92 Å². The SMILES string of the molecule is C=C([CH2-])C(=C)C.CCc1ccc(N/C=C/c2ccc3c(c2)CCc2cc(C[S-])ccc2-3)cc1.O=Cc1ccc(CS)cc1.[Pt+2]. The Morgan fingerprint density at radius 1 is 0.864 bits per heavy atom. The van der Waals surface area contributed by atoms with Crippen LogP contribution in [0.1, 0.15) is 57.6 Å². The van der Waals surface area contributed by atoms with Crippen LogP contribution in [0.5, 0.6) is 0 Å². The van der Waals surface area contributed by atoms with Crippen molar-refractivity contribution in [3.05, 3.63) is 161 Å². The van der Waals surface area contributed by atoms with E-state index in [4.69, 9.17) is 12.6 Å². The zero-order valence-electron chi connectivity index (χ0n) is 25.6. The summed E-state index contributed by atoms with van der Waals surface area (Å²) in [6.45, 7) is 14.7. The minimum Gasteiger partial charge on any atom is -0.788 e. The van der Waals surface area contributed by atoms with E-state index in [1.165, 1.54) is 38.9 Å². The number of allylic oxidation sites excluding steroid dienone is 2. The van der Waals surface area contributed by atoms with Gasteiger partial charge in [-0.15, -0.1) is 0 Å². The predicted octanol–water partition coefficient (Wildman–Crippen LogP) is 10.0. The number of fused-ring (bicyclic) bond motifs is 3. The van der Waals surface area contributed by atoms with Crippen molar-refractivity contribution in [2.24, 2.45) is 0 Å². The second-order valence-electron chi connectivity index (χ2n) is 10.5. The van der Waals surface area contributed by atoms with Crippen LogP contribution in [0.15, 0.2) is 115 Å². The van der Waals surface area contributed by atoms with Gasteiger partial charge in [0.2, 0.25) is 0 Å². The maximum atomic E-state index is 10.2. The first kappa shape index (κ1) is 37.0. The van der Waals surface area contributed by atoms with Crippen molar-refractivity contribution < 1.29 is 25.9 Å². The molecule has 0 saturated carbocycles. The number of hydrogen-bond acceptors (Lipinski definition) is 4. The molecule has 4 aromatic carbocycles. The van der Waals surface area contributed by atoms with E-state index >= 15 is 0 Å². The molecule has 44 heavy (non-hydrogen) atoms. The largest absolute Gasteiger partial charge is 2.00 e. The van der Waals surface area contributed by atoms with Gasteiger partial charge in [-0.2, -0.15) is 49.6 Å². The molecule has 0 heterocycles. The Bertz CT molecular complexity index is 1540. The van der Waals surface area contributed by atoms with Gasteiger partial charge < -0.3 is 17.9 Å². The number of aldehydes is 1. The molecular weight excluding hydrogens is 758 g/mol. The molecular formula is C39H41NOPtS2. The minimum absolute atomic E-state index is 0. The van der Waals surface area contributed by atoms with Gasteiger partial charge in [-0.3, -0.25) is 4.79 Å². The van der Waals surface area contributed by atoms with Crippen LogP contribution >= 0.6 is 12.6 Å². The Balaban J connectivity index is 0.000000329. The van der Waals surface area contributed by atoms with Crippen LogP contribution < -0.4 is 5.32 Å². The summed E-state index contributed by atoms with van der Waals surface area (Å²) in [6, 6.07) is 29.5. The normalized spacial score (nSPS) is 10.9. The number of nitrogens with one attached hydrogen (secondary N) is 1. The first-order valence-corrected chi connectivity index (χ1v) is 15.7. The molecule has 0 unspecified atom stereocenters. The minimum atomic E-state index is 0. The molecule has 2 nitrogen and oxygen atoms in total. The summed E-state index contributed by atoms with van der Waals surface area (Å²) >= 11 is 9.28. The molecule has 0 saturated heterocycles. The summed E-state index contributed by atoms with van der Waals surface area (Å²) in [6.07, 6.45) is 8.27. The summed E-state index contributed by atoms with van der Waals surface area (Å²) < 4.78 is 0. The Kier molecular flexibility index (Phi) is 16.2. The molecule has 0 aromatic heterocycles. The fourth-order valence-corrected chi connectivity index (χ4v) is 4.83. The van der Waals surface area contributed by atoms with Gasteiger partial charge in [0.15, 0.2) is 0 Å². The molecule has 0 atom stereocenters. The standard InChI is InChI=1S/C25H25NS.C8H8OS.C6H9.Pt/c1-2-18-3-9-23(10-4-18)26-14-13-19-5-11-24-21(15-19)7-8-22-16-20(17-27)6-12-25(22)24;9-5-7-1-3-8(6-10)4-2-7;1-5(2)6(3)4;/h3-6,9-16,26-27H,2,7-8,17H2,1H3;1-5,10H,6H2;1-3H2,4H3;/q;;-1;+2/p-1/b14-13+;;;. The van der Waals surface area contributed by atoms with E-state index in [9.17, 15) is 4.79 Å². The van der Waals surface area contributed by atoms with Gasteiger partial charge in [-0.1, -0.05) is 92.2 Å². The Labute approximate surface area is 289 Å². The summed E-state index contributed by atoms with van der Waals surface area (Å²) in [4.78, 5) is 10.2. The fraction of sp³-hybridized carbons (Fsp3) is 0.179. The van der Waals surface area contributed by atoms with E-state index in [2.05, 4.69) is 112 Å². The van der Waals surface area contributed by atoms with Crippen LogP contribution in [-0.2, 0) is 64.5 Å². The van der Waals surface area contributed by atoms with Crippen LogP contribution in [0.4, 0.5) is 5.69 Å². The molecule has 1 N–H and O–H groups in total. The third-order valence-corrected chi connectivity index (χ3v) is 7.91. The number of aryl methyl sites for hydroxylation is 3. The van der Waals surface area contributed by atoms with E-state index < -0.39 is 0 Å². The van der Waals surface area contributed by atoms with Gasteiger partial charge in [0.05, 0.1) is 0 Å². The van der Waals surface area contributed by atoms with Crippen molar-refractivity contribution in [1.82, 2.24) is 0 Å². The van der Waals surface area contributed by atoms with Crippen LogP contribution in [-0.4, -0.2) is 6.29 Å². The Morgan fingerprint density at radius 3 is 1.91 bits per heavy atom. The fourth-order valence-electron chi connectivity index (χ4n) is 4.44. The summed E-state index contributed by atoms with van der Waals surface area (Å²) in [5, 5.41) is 3.36. The van der Waals surface area contributed by atoms with Crippen molar-refractivity contribution >= 4 is 43.3 Å². The molecule has 0 radical (unpaired) electrons. The van der Waals surface area contributed by atoms with Crippen molar-refractivity contribution in [2.45, 2.75) is 44.6 Å². The third-order valence-electron chi connectivity index (χ3n) is 7.21. The van der Waals surface area contributed by atoms with Crippen molar-refractivity contribution in [3.63, 3.8) is 0 Å². The number of carbonyl (C=O) groups excluding carboxylic acids is 1. The van der Waals surface area contributed by atoms with E-state index in [0.29, 0.717) is 11.3 Å². The second-order valence-corrected chi connectivity index (χ2v) is 11.1. The molecule has 4 aromatic rings. The number of anilines is 1. The number of rotatable bonds is 8. The van der Waals surface area contributed by atoms with E-state index in [0.717, 1.165) is 53.7 Å². The summed E-state index contributed by atoms with van der Waals surface area (Å²) in [7, 11) is 0. The van der Waals surface area contributed by atoms with Crippen molar-refractivity contribution in [1.29, 1.82) is 0 Å². The van der Waals surface area contributed by atoms with Crippen LogP contribution in [0.2, 0.25) is 0 Å². The number of benzene rings is 4. The molecule has 0 amide bonds. The molecule has 5 rings (SSSR count). The molecule has 0 bridgehead atoms. The number of thiol groups is 1. The summed E-state index contributed by atoms with van der Waals surface area (Å²) in [5.41, 5.74) is 14.2. The quantitative estimate of drug-likeness (QED) is 0.0612. The maximum absolute atomic E-state index is 10.2. The molecule has 0 aliphatic heterocycles. The molecule has 1 aliphatic carbocycles. The van der Waals surface area contributed by atoms with Gasteiger partial charge in [0.1, 0.15) is 6.29 Å². The zero-order chi connectivity index (χ0) is 31.2. The second kappa shape index (κ2) is 19.3. The Hall–Kier alpha value is -3.17. The molecule has 230 valence electrons. The smallest absolute Gasteiger partial charge is 0.788 e. The summed E-state index contributed by atoms with van der Waals surface area (Å²) in [5.74, 6) is 1.41. The molecule has 5 heteroatoms. The van der Waals surface area contributed by atoms with Gasteiger partial charge in [0.25, 0.3) is 0 Å². The van der Waals surface area contributed by atoms with Crippen LogP contribution in [0.3, 0.4) is 0 Å². The van der Waals surface area contributed by atoms with Gasteiger partial charge in [0, 0.05) is 23.2 Å². The molecule has 1 aliphatic rings. The van der Waals surface area contributed by atoms with E-state index in [-0.39, 0.29) is 21.1 Å². The van der Waals surface area contributed by atoms with Gasteiger partial charge in [-0.05, 0) is 76.4 Å². The number of carbonyl (C=O) groups is 1. The average Bonchev–Trinajstić information content (AvgIpc) is 3.05. The third kappa shape index (κ3) is 11.4. The topological polar surface area (TPSA) is 29.1 Å². The first-order valence-electron chi connectivity index (χ1n) is 14.4. The first-order chi connectivity index (χ1) is 20.8. The average molecular weight is 799 g/mol. The molecule has 0 fully saturated rings. The van der Waals surface area contributed by atoms with E-state index in [1.54, 1.807) is 12.1 Å². The number of hydrogen-bond donors (Lipinski definition) is 2. The zero-order valence-corrected chi connectivity index (χ0v) is 29.5. The maximum Gasteiger partial charge on any atom is 2.00 e. The monoisotopic (exact) mass is 798 g/mol. The van der Waals surface area contributed by atoms with E-state index in [1.807, 2.05) is 25.3 Å². The van der Waals surface area contributed by atoms with Crippen molar-refractivity contribution in [3.8, 4) is 11.1 Å². The Morgan fingerprint density at radius 2 is 1.39 bits per heavy atom. The predicted molar refractivity (Wildman–Crippen MR) is 193 cm³/mol. The van der Waals surface area contributed by atoms with Crippen LogP contribution in [0.25, 0.3) is 17.2 Å². The van der Waals surface area contributed by atoms with Crippen molar-refractivity contribution in [2.75, 3.05) is 5.32 Å².